The maximum atomic E-state index is 12.2. The maximum Gasteiger partial charge on any atom is 0.446 e. The summed E-state index contributed by atoms with van der Waals surface area (Å²) in [6.45, 7) is 0. The largest absolute Gasteiger partial charge is 0.479 e. The van der Waals surface area contributed by atoms with Gasteiger partial charge in [-0.25, -0.2) is 9.78 Å². The number of fused-ring (bicyclic) bond motifs is 1. The number of alkyl halides is 3. The highest BCUT2D eigenvalue weighted by Gasteiger charge is 2.29. The van der Waals surface area contributed by atoms with Crippen LogP contribution < -0.4 is 0 Å². The lowest BCUT2D eigenvalue weighted by molar-refractivity contribution is -0.148. The molecule has 1 aromatic heterocycles. The Bertz CT molecular complexity index is 625. The Morgan fingerprint density at radius 2 is 2.11 bits per heavy atom. The van der Waals surface area contributed by atoms with Crippen molar-refractivity contribution in [3.05, 3.63) is 24.1 Å². The summed E-state index contributed by atoms with van der Waals surface area (Å²) in [5.41, 5.74) is -4.29. The van der Waals surface area contributed by atoms with Crippen molar-refractivity contribution in [1.82, 2.24) is 4.98 Å². The van der Waals surface area contributed by atoms with Gasteiger partial charge in [-0.2, -0.15) is 13.2 Å². The fourth-order valence-corrected chi connectivity index (χ4v) is 1.91. The minimum Gasteiger partial charge on any atom is -0.479 e. The average molecular weight is 293 g/mol. The van der Waals surface area contributed by atoms with Crippen molar-refractivity contribution >= 4 is 28.8 Å². The highest BCUT2D eigenvalue weighted by Crippen LogP contribution is 2.38. The molecule has 0 aliphatic heterocycles. The average Bonchev–Trinajstić information content (AvgIpc) is 2.68. The molecule has 1 heterocycles. The predicted molar refractivity (Wildman–Crippen MR) is 58.5 cm³/mol. The van der Waals surface area contributed by atoms with Gasteiger partial charge in [0.2, 0.25) is 12.0 Å². The first-order valence-electron chi connectivity index (χ1n) is 4.83. The molecule has 1 atom stereocenters. The minimum absolute atomic E-state index is 0.0236. The van der Waals surface area contributed by atoms with E-state index < -0.39 is 23.5 Å². The van der Waals surface area contributed by atoms with E-state index in [1.807, 2.05) is 0 Å². The lowest BCUT2D eigenvalue weighted by Gasteiger charge is -2.04. The van der Waals surface area contributed by atoms with Crippen LogP contribution in [0.3, 0.4) is 0 Å². The van der Waals surface area contributed by atoms with Gasteiger partial charge in [-0.1, -0.05) is 0 Å². The van der Waals surface area contributed by atoms with Gasteiger partial charge in [-0.3, -0.25) is 0 Å². The highest BCUT2D eigenvalue weighted by molar-refractivity contribution is 8.00. The zero-order chi connectivity index (χ0) is 14.2. The molecule has 9 heteroatoms. The van der Waals surface area contributed by atoms with Gasteiger partial charge in [-0.05, 0) is 30.0 Å². The molecule has 102 valence electrons. The Labute approximate surface area is 108 Å². The van der Waals surface area contributed by atoms with Crippen LogP contribution in [0.4, 0.5) is 13.2 Å². The molecule has 0 aliphatic rings. The molecule has 0 fully saturated rings. The van der Waals surface area contributed by atoms with Crippen molar-refractivity contribution in [1.29, 1.82) is 0 Å². The van der Waals surface area contributed by atoms with E-state index in [1.165, 1.54) is 12.1 Å². The maximum absolute atomic E-state index is 12.2. The molecule has 0 bridgehead atoms. The monoisotopic (exact) mass is 293 g/mol. The molecule has 0 saturated carbocycles. The number of thioether (sulfide) groups is 1. The van der Waals surface area contributed by atoms with Crippen molar-refractivity contribution in [2.45, 2.75) is 16.5 Å². The third-order valence-electron chi connectivity index (χ3n) is 2.08. The first kappa shape index (κ1) is 13.7. The molecule has 0 radical (unpaired) electrons. The molecule has 5 nitrogen and oxygen atoms in total. The quantitative estimate of drug-likeness (QED) is 0.846. The van der Waals surface area contributed by atoms with Crippen molar-refractivity contribution < 1.29 is 32.6 Å². The van der Waals surface area contributed by atoms with Gasteiger partial charge in [0.25, 0.3) is 0 Å². The number of rotatable bonds is 3. The number of aromatic nitrogens is 1. The number of aliphatic hydroxyl groups excluding tert-OH is 1. The fourth-order valence-electron chi connectivity index (χ4n) is 1.34. The number of carboxylic acid groups (broad SMARTS) is 1. The van der Waals surface area contributed by atoms with Gasteiger partial charge >= 0.3 is 11.5 Å². The second kappa shape index (κ2) is 4.74. The number of oxazole rings is 1. The molecule has 0 saturated heterocycles. The summed E-state index contributed by atoms with van der Waals surface area (Å²) in [6.07, 6.45) is -1.95. The number of halogens is 3. The topological polar surface area (TPSA) is 83.6 Å². The summed E-state index contributed by atoms with van der Waals surface area (Å²) in [6, 6.07) is 3.52. The van der Waals surface area contributed by atoms with Crippen LogP contribution in [0.2, 0.25) is 0 Å². The van der Waals surface area contributed by atoms with Crippen LogP contribution in [0, 0.1) is 0 Å². The van der Waals surface area contributed by atoms with Crippen molar-refractivity contribution in [2.24, 2.45) is 0 Å². The van der Waals surface area contributed by atoms with Crippen LogP contribution in [-0.2, 0) is 4.79 Å². The first-order chi connectivity index (χ1) is 8.76. The third kappa shape index (κ3) is 3.18. The molecule has 2 rings (SSSR count). The van der Waals surface area contributed by atoms with Crippen molar-refractivity contribution in [2.75, 3.05) is 0 Å². The normalized spacial score (nSPS) is 13.7. The number of aliphatic carboxylic acids is 1. The number of nitrogens with zero attached hydrogens (tertiary/aromatic N) is 1. The molecule has 2 N–H and O–H groups in total. The SMILES string of the molecule is O=C(O)C(O)c1nc2ccc(SC(F)(F)F)cc2o1. The van der Waals surface area contributed by atoms with Gasteiger partial charge in [-0.15, -0.1) is 0 Å². The molecular weight excluding hydrogens is 287 g/mol. The second-order valence-corrected chi connectivity index (χ2v) is 4.61. The van der Waals surface area contributed by atoms with E-state index in [0.29, 0.717) is 0 Å². The molecule has 0 amide bonds. The second-order valence-electron chi connectivity index (χ2n) is 3.47. The van der Waals surface area contributed by atoms with Crippen molar-refractivity contribution in [3.63, 3.8) is 0 Å². The Hall–Kier alpha value is -1.74. The summed E-state index contributed by atoms with van der Waals surface area (Å²) in [5.74, 6) is -2.03. The van der Waals surface area contributed by atoms with E-state index in [9.17, 15) is 23.1 Å². The molecule has 19 heavy (non-hydrogen) atoms. The summed E-state index contributed by atoms with van der Waals surface area (Å²) >= 11 is -0.327. The van der Waals surface area contributed by atoms with E-state index >= 15 is 0 Å². The molecule has 1 unspecified atom stereocenters. The summed E-state index contributed by atoms with van der Waals surface area (Å²) in [4.78, 5) is 14.1. The fraction of sp³-hybridized carbons (Fsp3) is 0.200. The summed E-state index contributed by atoms with van der Waals surface area (Å²) in [7, 11) is 0. The number of hydrogen-bond acceptors (Lipinski definition) is 5. The zero-order valence-electron chi connectivity index (χ0n) is 9.01. The van der Waals surface area contributed by atoms with Crippen LogP contribution in [-0.4, -0.2) is 26.7 Å². The lowest BCUT2D eigenvalue weighted by atomic mass is 10.3. The van der Waals surface area contributed by atoms with Crippen LogP contribution in [0.5, 0.6) is 0 Å². The van der Waals surface area contributed by atoms with Crippen LogP contribution >= 0.6 is 11.8 Å². The van der Waals surface area contributed by atoms with Gasteiger partial charge in [0, 0.05) is 4.90 Å². The number of carboxylic acids is 1. The van der Waals surface area contributed by atoms with E-state index in [2.05, 4.69) is 4.98 Å². The van der Waals surface area contributed by atoms with Gasteiger partial charge in [0.1, 0.15) is 5.52 Å². The van der Waals surface area contributed by atoms with Gasteiger partial charge in [0.15, 0.2) is 5.58 Å². The van der Waals surface area contributed by atoms with E-state index in [0.717, 1.165) is 6.07 Å². The Balaban J connectivity index is 2.36. The lowest BCUT2D eigenvalue weighted by Crippen LogP contribution is -2.10. The summed E-state index contributed by atoms with van der Waals surface area (Å²) in [5, 5.41) is 17.8. The van der Waals surface area contributed by atoms with Crippen LogP contribution in [0.15, 0.2) is 27.5 Å². The van der Waals surface area contributed by atoms with E-state index in [-0.39, 0.29) is 27.8 Å². The highest BCUT2D eigenvalue weighted by atomic mass is 32.2. The minimum atomic E-state index is -4.43. The van der Waals surface area contributed by atoms with Gasteiger partial charge in [0.05, 0.1) is 0 Å². The molecule has 1 aromatic carbocycles. The molecule has 0 spiro atoms. The Morgan fingerprint density at radius 1 is 1.42 bits per heavy atom. The van der Waals surface area contributed by atoms with E-state index in [1.54, 1.807) is 0 Å². The first-order valence-corrected chi connectivity index (χ1v) is 5.65. The number of benzene rings is 1. The molecule has 2 aromatic rings. The van der Waals surface area contributed by atoms with Gasteiger partial charge < -0.3 is 14.6 Å². The number of hydrogen-bond donors (Lipinski definition) is 2. The number of carbonyl (C=O) groups is 1. The Morgan fingerprint density at radius 3 is 2.68 bits per heavy atom. The smallest absolute Gasteiger partial charge is 0.446 e. The summed E-state index contributed by atoms with van der Waals surface area (Å²) < 4.78 is 41.5. The third-order valence-corrected chi connectivity index (χ3v) is 2.80. The predicted octanol–water partition coefficient (Wildman–Crippen LogP) is 2.56. The standard InChI is InChI=1S/C10H6F3NO4S/c11-10(12,13)19-4-1-2-5-6(3-4)18-8(14-5)7(15)9(16)17/h1-3,7,15H,(H,16,17). The molecular formula is C10H6F3NO4S. The van der Waals surface area contributed by atoms with E-state index in [4.69, 9.17) is 9.52 Å². The zero-order valence-corrected chi connectivity index (χ0v) is 9.83. The van der Waals surface area contributed by atoms with Crippen molar-refractivity contribution in [3.8, 4) is 0 Å². The van der Waals surface area contributed by atoms with Crippen LogP contribution in [0.1, 0.15) is 12.0 Å². The van der Waals surface area contributed by atoms with Crippen LogP contribution in [0.25, 0.3) is 11.1 Å². The number of aliphatic hydroxyl groups is 1. The Kier molecular flexibility index (Phi) is 3.42. The molecule has 0 aliphatic carbocycles.